The predicted molar refractivity (Wildman–Crippen MR) is 74.2 cm³/mol. The molecule has 0 aliphatic carbocycles. The first kappa shape index (κ1) is 12.6. The highest BCUT2D eigenvalue weighted by Crippen LogP contribution is 2.15. The highest BCUT2D eigenvalue weighted by molar-refractivity contribution is 5.65. The Morgan fingerprint density at radius 1 is 1.44 bits per heavy atom. The lowest BCUT2D eigenvalue weighted by atomic mass is 10.5. The van der Waals surface area contributed by atoms with Crippen molar-refractivity contribution in [2.75, 3.05) is 44.4 Å². The van der Waals surface area contributed by atoms with Crippen molar-refractivity contribution in [3.8, 4) is 0 Å². The molecule has 0 saturated carbocycles. The van der Waals surface area contributed by atoms with Crippen LogP contribution in [0.4, 0.5) is 11.6 Å². The van der Waals surface area contributed by atoms with Crippen molar-refractivity contribution in [3.05, 3.63) is 18.6 Å². The summed E-state index contributed by atoms with van der Waals surface area (Å²) in [5.41, 5.74) is 0.855. The number of anilines is 2. The van der Waals surface area contributed by atoms with E-state index in [0.717, 1.165) is 36.9 Å². The minimum absolute atomic E-state index is 0.816. The monoisotopic (exact) mass is 248 g/mol. The molecular formula is C12H20N6. The van der Waals surface area contributed by atoms with Crippen LogP contribution in [0.5, 0.6) is 0 Å². The minimum atomic E-state index is 0.816. The Bertz CT molecular complexity index is 506. The van der Waals surface area contributed by atoms with Gasteiger partial charge in [-0.3, -0.25) is 0 Å². The summed E-state index contributed by atoms with van der Waals surface area (Å²) >= 11 is 0. The van der Waals surface area contributed by atoms with Crippen molar-refractivity contribution in [3.63, 3.8) is 0 Å². The quantitative estimate of drug-likeness (QED) is 0.802. The Balaban J connectivity index is 2.13. The first-order valence-electron chi connectivity index (χ1n) is 6.18. The van der Waals surface area contributed by atoms with Gasteiger partial charge in [-0.15, -0.1) is 0 Å². The Morgan fingerprint density at radius 3 is 3.00 bits per heavy atom. The number of hydrogen-bond donors (Lipinski definition) is 2. The average molecular weight is 248 g/mol. The van der Waals surface area contributed by atoms with E-state index in [2.05, 4.69) is 39.5 Å². The number of nitrogens with one attached hydrogen (secondary N) is 2. The van der Waals surface area contributed by atoms with Gasteiger partial charge in [0.25, 0.3) is 0 Å². The summed E-state index contributed by atoms with van der Waals surface area (Å²) in [6, 6.07) is 0. The first-order valence-corrected chi connectivity index (χ1v) is 6.18. The van der Waals surface area contributed by atoms with Crippen LogP contribution in [-0.2, 0) is 0 Å². The zero-order valence-corrected chi connectivity index (χ0v) is 11.1. The van der Waals surface area contributed by atoms with Gasteiger partial charge in [0, 0.05) is 32.5 Å². The molecule has 0 aromatic carbocycles. The number of imidazole rings is 1. The van der Waals surface area contributed by atoms with Gasteiger partial charge in [-0.2, -0.15) is 0 Å². The maximum Gasteiger partial charge on any atom is 0.180 e. The maximum atomic E-state index is 4.49. The number of rotatable bonds is 6. The largest absolute Gasteiger partial charge is 0.372 e. The van der Waals surface area contributed by atoms with Crippen LogP contribution in [0.1, 0.15) is 6.92 Å². The lowest BCUT2D eigenvalue weighted by Crippen LogP contribution is -2.25. The van der Waals surface area contributed by atoms with E-state index in [4.69, 9.17) is 0 Å². The van der Waals surface area contributed by atoms with Gasteiger partial charge in [0.1, 0.15) is 5.82 Å². The Kier molecular flexibility index (Phi) is 3.99. The van der Waals surface area contributed by atoms with Gasteiger partial charge in [0.2, 0.25) is 0 Å². The van der Waals surface area contributed by atoms with Crippen LogP contribution in [0.15, 0.2) is 18.6 Å². The molecule has 0 spiro atoms. The van der Waals surface area contributed by atoms with Gasteiger partial charge in [-0.05, 0) is 13.6 Å². The topological polar surface area (TPSA) is 57.5 Å². The van der Waals surface area contributed by atoms with Crippen LogP contribution in [0.25, 0.3) is 5.65 Å². The van der Waals surface area contributed by atoms with Crippen molar-refractivity contribution < 1.29 is 0 Å². The molecule has 2 N–H and O–H groups in total. The van der Waals surface area contributed by atoms with Crippen LogP contribution in [0.3, 0.4) is 0 Å². The summed E-state index contributed by atoms with van der Waals surface area (Å²) in [4.78, 5) is 11.0. The molecule has 0 aliphatic rings. The molecule has 0 radical (unpaired) electrons. The molecule has 98 valence electrons. The van der Waals surface area contributed by atoms with Gasteiger partial charge in [0.05, 0.1) is 6.20 Å². The van der Waals surface area contributed by atoms with Crippen LogP contribution < -0.4 is 10.6 Å². The zero-order valence-electron chi connectivity index (χ0n) is 11.1. The summed E-state index contributed by atoms with van der Waals surface area (Å²) < 4.78 is 1.96. The second-order valence-corrected chi connectivity index (χ2v) is 4.21. The summed E-state index contributed by atoms with van der Waals surface area (Å²) in [7, 11) is 3.96. The normalized spacial score (nSPS) is 11.1. The standard InChI is InChI=1S/C12H20N6/c1-4-17(3)7-5-14-11-12-15-6-8-18(12)9-10(13-2)16-11/h6,8-9,13H,4-5,7H2,1-3H3,(H,14,16). The molecule has 0 atom stereocenters. The molecule has 18 heavy (non-hydrogen) atoms. The van der Waals surface area contributed by atoms with Gasteiger partial charge in [-0.1, -0.05) is 6.92 Å². The zero-order chi connectivity index (χ0) is 13.0. The van der Waals surface area contributed by atoms with Gasteiger partial charge in [0.15, 0.2) is 11.5 Å². The van der Waals surface area contributed by atoms with E-state index >= 15 is 0 Å². The van der Waals surface area contributed by atoms with E-state index in [1.165, 1.54) is 0 Å². The number of aromatic nitrogens is 3. The molecule has 0 unspecified atom stereocenters. The Hall–Kier alpha value is -1.82. The fourth-order valence-corrected chi connectivity index (χ4v) is 1.69. The first-order chi connectivity index (χ1) is 8.74. The van der Waals surface area contributed by atoms with Crippen molar-refractivity contribution >= 4 is 17.3 Å². The van der Waals surface area contributed by atoms with Crippen LogP contribution in [0.2, 0.25) is 0 Å². The number of hydrogen-bond acceptors (Lipinski definition) is 5. The number of likely N-dealkylation sites (N-methyl/N-ethyl adjacent to an activating group) is 1. The van der Waals surface area contributed by atoms with Gasteiger partial charge < -0.3 is 19.9 Å². The third-order valence-corrected chi connectivity index (χ3v) is 2.96. The van der Waals surface area contributed by atoms with E-state index < -0.39 is 0 Å². The van der Waals surface area contributed by atoms with E-state index in [0.29, 0.717) is 0 Å². The van der Waals surface area contributed by atoms with E-state index in [-0.39, 0.29) is 0 Å². The second kappa shape index (κ2) is 5.68. The number of nitrogens with zero attached hydrogens (tertiary/aromatic N) is 4. The fourth-order valence-electron chi connectivity index (χ4n) is 1.69. The molecule has 6 heteroatoms. The third kappa shape index (κ3) is 2.70. The molecule has 0 aliphatic heterocycles. The lowest BCUT2D eigenvalue weighted by Gasteiger charge is -2.15. The highest BCUT2D eigenvalue weighted by atomic mass is 15.2. The smallest absolute Gasteiger partial charge is 0.180 e. The molecule has 0 fully saturated rings. The number of fused-ring (bicyclic) bond motifs is 1. The molecule has 0 saturated heterocycles. The van der Waals surface area contributed by atoms with Gasteiger partial charge >= 0.3 is 0 Å². The second-order valence-electron chi connectivity index (χ2n) is 4.21. The SMILES string of the molecule is CCN(C)CCNc1nc(NC)cn2ccnc12. The molecule has 0 bridgehead atoms. The van der Waals surface area contributed by atoms with Crippen LogP contribution in [0, 0.1) is 0 Å². The van der Waals surface area contributed by atoms with Gasteiger partial charge in [-0.25, -0.2) is 9.97 Å². The van der Waals surface area contributed by atoms with E-state index in [9.17, 15) is 0 Å². The summed E-state index contributed by atoms with van der Waals surface area (Å²) in [6.07, 6.45) is 5.62. The third-order valence-electron chi connectivity index (χ3n) is 2.96. The van der Waals surface area contributed by atoms with Crippen LogP contribution in [-0.4, -0.2) is 53.0 Å². The van der Waals surface area contributed by atoms with Crippen molar-refractivity contribution in [2.24, 2.45) is 0 Å². The molecule has 2 rings (SSSR count). The summed E-state index contributed by atoms with van der Waals surface area (Å²) in [5, 5.41) is 6.39. The van der Waals surface area contributed by atoms with Crippen molar-refractivity contribution in [2.45, 2.75) is 6.92 Å². The molecular weight excluding hydrogens is 228 g/mol. The van der Waals surface area contributed by atoms with Crippen molar-refractivity contribution in [1.29, 1.82) is 0 Å². The molecule has 2 heterocycles. The minimum Gasteiger partial charge on any atom is -0.372 e. The Morgan fingerprint density at radius 2 is 2.28 bits per heavy atom. The predicted octanol–water partition coefficient (Wildman–Crippen LogP) is 1.13. The van der Waals surface area contributed by atoms with E-state index in [1.54, 1.807) is 6.20 Å². The molecule has 2 aromatic heterocycles. The van der Waals surface area contributed by atoms with E-state index in [1.807, 2.05) is 23.8 Å². The summed E-state index contributed by atoms with van der Waals surface area (Å²) in [6.45, 7) is 5.03. The van der Waals surface area contributed by atoms with Crippen LogP contribution >= 0.6 is 0 Å². The molecule has 0 amide bonds. The van der Waals surface area contributed by atoms with Crippen molar-refractivity contribution in [1.82, 2.24) is 19.3 Å². The Labute approximate surface area is 107 Å². The summed E-state index contributed by atoms with van der Waals surface area (Å²) in [5.74, 6) is 1.64. The average Bonchev–Trinajstić information content (AvgIpc) is 2.86. The fraction of sp³-hybridized carbons (Fsp3) is 0.500. The highest BCUT2D eigenvalue weighted by Gasteiger charge is 2.06. The molecule has 2 aromatic rings. The lowest BCUT2D eigenvalue weighted by molar-refractivity contribution is 0.367. The molecule has 6 nitrogen and oxygen atoms in total. The maximum absolute atomic E-state index is 4.49.